The van der Waals surface area contributed by atoms with Crippen LogP contribution in [0.4, 0.5) is 0 Å². The van der Waals surface area contributed by atoms with Crippen molar-refractivity contribution in [1.82, 2.24) is 9.97 Å². The minimum absolute atomic E-state index is 0.409. The number of rotatable bonds is 1. The average Bonchev–Trinajstić information content (AvgIpc) is 2.42. The Morgan fingerprint density at radius 2 is 2.15 bits per heavy atom. The van der Waals surface area contributed by atoms with E-state index < -0.39 is 7.12 Å². The molecule has 13 heavy (non-hydrogen) atoms. The van der Waals surface area contributed by atoms with E-state index >= 15 is 0 Å². The number of aromatic amines is 1. The molecule has 0 aliphatic carbocycles. The van der Waals surface area contributed by atoms with E-state index in [4.69, 9.17) is 10.0 Å². The molecule has 2 aromatic rings. The Morgan fingerprint density at radius 1 is 1.38 bits per heavy atom. The summed E-state index contributed by atoms with van der Waals surface area (Å²) in [4.78, 5) is 7.10. The van der Waals surface area contributed by atoms with Crippen LogP contribution >= 0.6 is 0 Å². The fraction of sp³-hybridized carbons (Fsp3) is 0.125. The second-order valence-corrected chi connectivity index (χ2v) is 3.03. The first-order chi connectivity index (χ1) is 6.16. The van der Waals surface area contributed by atoms with Crippen molar-refractivity contribution in [3.63, 3.8) is 0 Å². The fourth-order valence-corrected chi connectivity index (χ4v) is 1.31. The van der Waals surface area contributed by atoms with E-state index in [1.54, 1.807) is 6.07 Å². The summed E-state index contributed by atoms with van der Waals surface area (Å²) in [5.41, 5.74) is 2.18. The second-order valence-electron chi connectivity index (χ2n) is 3.03. The zero-order chi connectivity index (χ0) is 9.42. The molecule has 0 amide bonds. The first-order valence-corrected chi connectivity index (χ1v) is 3.98. The number of fused-ring (bicyclic) bond motifs is 1. The van der Waals surface area contributed by atoms with Crippen molar-refractivity contribution < 1.29 is 10.0 Å². The highest BCUT2D eigenvalue weighted by molar-refractivity contribution is 6.58. The van der Waals surface area contributed by atoms with E-state index in [2.05, 4.69) is 9.97 Å². The second kappa shape index (κ2) is 2.87. The number of aryl methyl sites for hydroxylation is 1. The van der Waals surface area contributed by atoms with Gasteiger partial charge in [0.15, 0.2) is 0 Å². The Hall–Kier alpha value is -1.33. The van der Waals surface area contributed by atoms with E-state index in [0.717, 1.165) is 16.7 Å². The molecular formula is C8H9BN2O2. The first kappa shape index (κ1) is 8.28. The molecule has 0 bridgehead atoms. The number of hydrogen-bond acceptors (Lipinski definition) is 3. The molecule has 2 rings (SSSR count). The molecule has 0 aliphatic heterocycles. The Morgan fingerprint density at radius 3 is 2.85 bits per heavy atom. The molecule has 0 aromatic carbocycles. The van der Waals surface area contributed by atoms with Gasteiger partial charge < -0.3 is 15.0 Å². The summed E-state index contributed by atoms with van der Waals surface area (Å²) in [6, 6.07) is 3.62. The molecule has 2 heterocycles. The molecule has 0 unspecified atom stereocenters. The Bertz CT molecular complexity index is 439. The Kier molecular flexibility index (Phi) is 1.83. The molecular weight excluding hydrogens is 167 g/mol. The number of pyridine rings is 1. The van der Waals surface area contributed by atoms with E-state index in [0.29, 0.717) is 5.46 Å². The lowest BCUT2D eigenvalue weighted by atomic mass is 9.81. The van der Waals surface area contributed by atoms with Crippen LogP contribution in [-0.4, -0.2) is 27.1 Å². The predicted octanol–water partition coefficient (Wildman–Crippen LogP) is -0.449. The zero-order valence-electron chi connectivity index (χ0n) is 7.15. The van der Waals surface area contributed by atoms with E-state index in [9.17, 15) is 0 Å². The summed E-state index contributed by atoms with van der Waals surface area (Å²) in [7, 11) is -1.45. The molecule has 2 aromatic heterocycles. The largest absolute Gasteiger partial charge is 0.490 e. The Balaban J connectivity index is 2.61. The maximum atomic E-state index is 8.90. The molecule has 3 N–H and O–H groups in total. The molecule has 5 heteroatoms. The molecule has 0 aliphatic rings. The van der Waals surface area contributed by atoms with Crippen LogP contribution in [0.2, 0.25) is 0 Å². The molecule has 66 valence electrons. The van der Waals surface area contributed by atoms with Gasteiger partial charge in [-0.25, -0.2) is 4.98 Å². The van der Waals surface area contributed by atoms with Crippen LogP contribution in [0.25, 0.3) is 11.0 Å². The maximum absolute atomic E-state index is 8.90. The lowest BCUT2D eigenvalue weighted by Gasteiger charge is -1.96. The lowest BCUT2D eigenvalue weighted by molar-refractivity contribution is 0.425. The van der Waals surface area contributed by atoms with Gasteiger partial charge in [-0.05, 0) is 19.1 Å². The van der Waals surface area contributed by atoms with Crippen molar-refractivity contribution in [1.29, 1.82) is 0 Å². The molecule has 0 fully saturated rings. The average molecular weight is 176 g/mol. The number of H-pyrrole nitrogens is 1. The van der Waals surface area contributed by atoms with Gasteiger partial charge in [-0.3, -0.25) is 0 Å². The topological polar surface area (TPSA) is 69.1 Å². The van der Waals surface area contributed by atoms with Crippen LogP contribution in [0.15, 0.2) is 18.3 Å². The molecule has 4 nitrogen and oxygen atoms in total. The van der Waals surface area contributed by atoms with E-state index in [1.807, 2.05) is 13.0 Å². The third-order valence-electron chi connectivity index (χ3n) is 1.92. The molecule has 0 saturated carbocycles. The smallest absolute Gasteiger partial charge is 0.423 e. The van der Waals surface area contributed by atoms with Gasteiger partial charge >= 0.3 is 7.12 Å². The third kappa shape index (κ3) is 1.43. The number of hydrogen-bond donors (Lipinski definition) is 3. The van der Waals surface area contributed by atoms with Crippen LogP contribution in [0.1, 0.15) is 5.69 Å². The monoisotopic (exact) mass is 176 g/mol. The van der Waals surface area contributed by atoms with Crippen LogP contribution in [0, 0.1) is 6.92 Å². The van der Waals surface area contributed by atoms with Crippen LogP contribution in [-0.2, 0) is 0 Å². The van der Waals surface area contributed by atoms with Gasteiger partial charge in [0.1, 0.15) is 5.65 Å². The number of nitrogens with zero attached hydrogens (tertiary/aromatic N) is 1. The van der Waals surface area contributed by atoms with Gasteiger partial charge in [0.2, 0.25) is 0 Å². The fourth-order valence-electron chi connectivity index (χ4n) is 1.31. The highest BCUT2D eigenvalue weighted by Crippen LogP contribution is 2.09. The van der Waals surface area contributed by atoms with Gasteiger partial charge in [0.25, 0.3) is 0 Å². The van der Waals surface area contributed by atoms with Crippen molar-refractivity contribution in [3.8, 4) is 0 Å². The van der Waals surface area contributed by atoms with Gasteiger partial charge in [-0.15, -0.1) is 0 Å². The first-order valence-electron chi connectivity index (χ1n) is 3.98. The normalized spacial score (nSPS) is 10.7. The van der Waals surface area contributed by atoms with Crippen molar-refractivity contribution in [2.24, 2.45) is 0 Å². The van der Waals surface area contributed by atoms with Gasteiger partial charge in [0, 0.05) is 22.7 Å². The van der Waals surface area contributed by atoms with Crippen molar-refractivity contribution in [2.75, 3.05) is 0 Å². The lowest BCUT2D eigenvalue weighted by Crippen LogP contribution is -2.29. The zero-order valence-corrected chi connectivity index (χ0v) is 7.15. The molecule has 0 saturated heterocycles. The van der Waals surface area contributed by atoms with Crippen molar-refractivity contribution in [2.45, 2.75) is 6.92 Å². The van der Waals surface area contributed by atoms with Gasteiger partial charge in [0.05, 0.1) is 0 Å². The summed E-state index contributed by atoms with van der Waals surface area (Å²) in [5.74, 6) is 0. The van der Waals surface area contributed by atoms with Crippen molar-refractivity contribution in [3.05, 3.63) is 24.0 Å². The van der Waals surface area contributed by atoms with Gasteiger partial charge in [-0.2, -0.15) is 0 Å². The number of aromatic nitrogens is 2. The summed E-state index contributed by atoms with van der Waals surface area (Å²) >= 11 is 0. The van der Waals surface area contributed by atoms with Crippen molar-refractivity contribution >= 4 is 23.6 Å². The SMILES string of the molecule is Cc1cc2cc(B(O)O)cnc2[nH]1. The van der Waals surface area contributed by atoms with E-state index in [1.165, 1.54) is 6.20 Å². The standard InChI is InChI=1S/C8H9BN2O2/c1-5-2-6-3-7(9(12)13)4-10-8(6)11-5/h2-4,12-13H,1H3,(H,10,11). The highest BCUT2D eigenvalue weighted by Gasteiger charge is 2.12. The quantitative estimate of drug-likeness (QED) is 0.515. The Labute approximate surface area is 75.4 Å². The summed E-state index contributed by atoms with van der Waals surface area (Å²) in [6.45, 7) is 1.93. The molecule has 0 atom stereocenters. The van der Waals surface area contributed by atoms with Gasteiger partial charge in [-0.1, -0.05) is 0 Å². The minimum atomic E-state index is -1.45. The predicted molar refractivity (Wildman–Crippen MR) is 50.7 cm³/mol. The highest BCUT2D eigenvalue weighted by atomic mass is 16.4. The molecule has 0 spiro atoms. The minimum Gasteiger partial charge on any atom is -0.423 e. The molecule has 0 radical (unpaired) electrons. The van der Waals surface area contributed by atoms with Crippen LogP contribution in [0.3, 0.4) is 0 Å². The summed E-state index contributed by atoms with van der Waals surface area (Å²) in [5, 5.41) is 18.7. The summed E-state index contributed by atoms with van der Waals surface area (Å²) in [6.07, 6.45) is 1.45. The number of nitrogens with one attached hydrogen (secondary N) is 1. The summed E-state index contributed by atoms with van der Waals surface area (Å²) < 4.78 is 0. The van der Waals surface area contributed by atoms with E-state index in [-0.39, 0.29) is 0 Å². The third-order valence-corrected chi connectivity index (χ3v) is 1.92. The van der Waals surface area contributed by atoms with Crippen LogP contribution in [0.5, 0.6) is 0 Å². The maximum Gasteiger partial charge on any atom is 0.490 e. The van der Waals surface area contributed by atoms with Crippen LogP contribution < -0.4 is 5.46 Å².